The number of carbonyl (C=O) groups is 1. The molecule has 0 atom stereocenters. The molecule has 7 nitrogen and oxygen atoms in total. The van der Waals surface area contributed by atoms with Gasteiger partial charge >= 0.3 is 0 Å². The van der Waals surface area contributed by atoms with Crippen molar-refractivity contribution in [1.82, 2.24) is 15.0 Å². The molecule has 170 valence electrons. The van der Waals surface area contributed by atoms with Gasteiger partial charge in [-0.25, -0.2) is 9.97 Å². The van der Waals surface area contributed by atoms with Crippen LogP contribution in [0, 0.1) is 6.92 Å². The molecule has 0 bridgehead atoms. The van der Waals surface area contributed by atoms with Crippen LogP contribution in [0.5, 0.6) is 5.75 Å². The number of hydrogen-bond donors (Lipinski definition) is 2. The molecule has 4 rings (SSSR count). The molecule has 0 saturated carbocycles. The van der Waals surface area contributed by atoms with Gasteiger partial charge in [-0.1, -0.05) is 53.4 Å². The zero-order valence-electron chi connectivity index (χ0n) is 18.4. The van der Waals surface area contributed by atoms with Crippen molar-refractivity contribution in [2.24, 2.45) is 0 Å². The fraction of sp³-hybridized carbons (Fsp3) is 0.250. The first-order chi connectivity index (χ1) is 16.0. The summed E-state index contributed by atoms with van der Waals surface area (Å²) >= 11 is 2.87. The molecule has 0 saturated heterocycles. The predicted octanol–water partition coefficient (Wildman–Crippen LogP) is 4.95. The van der Waals surface area contributed by atoms with Gasteiger partial charge in [-0.05, 0) is 44.0 Å². The number of ether oxygens (including phenoxy) is 1. The van der Waals surface area contributed by atoms with Crippen molar-refractivity contribution in [1.29, 1.82) is 0 Å². The average molecular weight is 481 g/mol. The van der Waals surface area contributed by atoms with Crippen molar-refractivity contribution >= 4 is 44.4 Å². The summed E-state index contributed by atoms with van der Waals surface area (Å²) in [4.78, 5) is 36.9. The minimum Gasteiger partial charge on any atom is -0.494 e. The molecular formula is C24H24N4O3S2. The molecule has 0 unspecified atom stereocenters. The van der Waals surface area contributed by atoms with Gasteiger partial charge in [-0.2, -0.15) is 0 Å². The van der Waals surface area contributed by atoms with Gasteiger partial charge in [0.05, 0.1) is 16.8 Å². The molecule has 0 aliphatic rings. The van der Waals surface area contributed by atoms with Crippen LogP contribution in [0.4, 0.5) is 5.13 Å². The van der Waals surface area contributed by atoms with Crippen LogP contribution in [0.3, 0.4) is 0 Å². The Labute approximate surface area is 199 Å². The number of carbonyl (C=O) groups excluding carboxylic acids is 1. The summed E-state index contributed by atoms with van der Waals surface area (Å²) in [5, 5.41) is 3.94. The highest BCUT2D eigenvalue weighted by Gasteiger charge is 2.13. The Hall–Kier alpha value is -3.17. The lowest BCUT2D eigenvalue weighted by Crippen LogP contribution is -2.20. The van der Waals surface area contributed by atoms with Gasteiger partial charge in [0.2, 0.25) is 5.91 Å². The molecule has 2 aromatic carbocycles. The number of fused-ring (bicyclic) bond motifs is 1. The van der Waals surface area contributed by atoms with Crippen LogP contribution in [0.1, 0.15) is 30.2 Å². The maximum absolute atomic E-state index is 12.6. The number of rotatable bonds is 9. The van der Waals surface area contributed by atoms with Gasteiger partial charge < -0.3 is 15.0 Å². The molecule has 0 radical (unpaired) electrons. The smallest absolute Gasteiger partial charge is 0.254 e. The normalized spacial score (nSPS) is 11.0. The van der Waals surface area contributed by atoms with E-state index in [9.17, 15) is 9.59 Å². The quantitative estimate of drug-likeness (QED) is 0.260. The van der Waals surface area contributed by atoms with Crippen molar-refractivity contribution in [2.45, 2.75) is 37.6 Å². The number of aryl methyl sites for hydroxylation is 1. The van der Waals surface area contributed by atoms with Crippen molar-refractivity contribution in [3.8, 4) is 5.75 Å². The molecule has 0 fully saturated rings. The van der Waals surface area contributed by atoms with E-state index >= 15 is 0 Å². The molecule has 2 heterocycles. The maximum atomic E-state index is 12.6. The molecule has 2 N–H and O–H groups in total. The molecule has 33 heavy (non-hydrogen) atoms. The number of nitrogens with one attached hydrogen (secondary N) is 2. The standard InChI is InChI=1S/C24H24N4O3S2/c1-3-31-17-9-11-19-20(13-17)33-24(26-19)27-21(29)12-10-18-15(2)25-23(28-22(18)30)32-14-16-7-5-4-6-8-16/h4-9,11,13H,3,10,12,14H2,1-2H3,(H,25,28,30)(H,26,27,29). The Kier molecular flexibility index (Phi) is 7.41. The Morgan fingerprint density at radius 3 is 2.76 bits per heavy atom. The third kappa shape index (κ3) is 6.00. The fourth-order valence-electron chi connectivity index (χ4n) is 3.31. The van der Waals surface area contributed by atoms with E-state index in [-0.39, 0.29) is 17.9 Å². The van der Waals surface area contributed by atoms with Crippen LogP contribution in [0.25, 0.3) is 10.2 Å². The second-order valence-corrected chi connectivity index (χ2v) is 9.33. The molecule has 1 amide bonds. The molecule has 0 spiro atoms. The van der Waals surface area contributed by atoms with E-state index in [1.807, 2.05) is 55.5 Å². The lowest BCUT2D eigenvalue weighted by molar-refractivity contribution is -0.116. The molecule has 2 aromatic heterocycles. The van der Waals surface area contributed by atoms with Crippen LogP contribution in [0.2, 0.25) is 0 Å². The number of aromatic amines is 1. The number of nitrogens with zero attached hydrogens (tertiary/aromatic N) is 2. The van der Waals surface area contributed by atoms with E-state index in [1.165, 1.54) is 23.1 Å². The Morgan fingerprint density at radius 1 is 1.18 bits per heavy atom. The average Bonchev–Trinajstić information content (AvgIpc) is 3.19. The SMILES string of the molecule is CCOc1ccc2nc(NC(=O)CCc3c(C)nc(SCc4ccccc4)[nH]c3=O)sc2c1. The number of amides is 1. The zero-order chi connectivity index (χ0) is 23.2. The zero-order valence-corrected chi connectivity index (χ0v) is 20.0. The number of thioether (sulfide) groups is 1. The highest BCUT2D eigenvalue weighted by atomic mass is 32.2. The van der Waals surface area contributed by atoms with E-state index in [2.05, 4.69) is 20.3 Å². The third-order valence-corrected chi connectivity index (χ3v) is 6.82. The maximum Gasteiger partial charge on any atom is 0.254 e. The summed E-state index contributed by atoms with van der Waals surface area (Å²) in [6.45, 7) is 4.33. The van der Waals surface area contributed by atoms with E-state index < -0.39 is 0 Å². The lowest BCUT2D eigenvalue weighted by Gasteiger charge is -2.07. The lowest BCUT2D eigenvalue weighted by atomic mass is 10.1. The van der Waals surface area contributed by atoms with Gasteiger partial charge in [0.1, 0.15) is 5.75 Å². The van der Waals surface area contributed by atoms with E-state index in [0.717, 1.165) is 27.3 Å². The molecule has 0 aliphatic heterocycles. The molecule has 0 aliphatic carbocycles. The molecule has 4 aromatic rings. The summed E-state index contributed by atoms with van der Waals surface area (Å²) in [5.41, 5.74) is 2.94. The van der Waals surface area contributed by atoms with Gasteiger partial charge in [-0.15, -0.1) is 0 Å². The van der Waals surface area contributed by atoms with Crippen molar-refractivity contribution < 1.29 is 9.53 Å². The number of thiazole rings is 1. The summed E-state index contributed by atoms with van der Waals surface area (Å²) in [7, 11) is 0. The van der Waals surface area contributed by atoms with Gasteiger partial charge in [-0.3, -0.25) is 9.59 Å². The van der Waals surface area contributed by atoms with E-state index in [1.54, 1.807) is 6.92 Å². The van der Waals surface area contributed by atoms with Gasteiger partial charge in [0.15, 0.2) is 10.3 Å². The van der Waals surface area contributed by atoms with Crippen LogP contribution in [0.15, 0.2) is 58.5 Å². The Morgan fingerprint density at radius 2 is 2.00 bits per heavy atom. The molecular weight excluding hydrogens is 456 g/mol. The Balaban J connectivity index is 1.35. The third-order valence-electron chi connectivity index (χ3n) is 4.94. The van der Waals surface area contributed by atoms with Crippen LogP contribution in [-0.4, -0.2) is 27.5 Å². The summed E-state index contributed by atoms with van der Waals surface area (Å²) in [6.07, 6.45) is 0.477. The second kappa shape index (κ2) is 10.6. The Bertz CT molecular complexity index is 1320. The highest BCUT2D eigenvalue weighted by molar-refractivity contribution is 7.98. The number of anilines is 1. The highest BCUT2D eigenvalue weighted by Crippen LogP contribution is 2.29. The minimum absolute atomic E-state index is 0.169. The van der Waals surface area contributed by atoms with Crippen LogP contribution in [-0.2, 0) is 17.0 Å². The van der Waals surface area contributed by atoms with Gasteiger partial charge in [0.25, 0.3) is 5.56 Å². The summed E-state index contributed by atoms with van der Waals surface area (Å²) < 4.78 is 6.45. The fourth-order valence-corrected chi connectivity index (χ4v) is 5.08. The number of hydrogen-bond acceptors (Lipinski definition) is 7. The molecule has 9 heteroatoms. The van der Waals surface area contributed by atoms with Crippen molar-refractivity contribution in [2.75, 3.05) is 11.9 Å². The summed E-state index contributed by atoms with van der Waals surface area (Å²) in [5.74, 6) is 1.30. The number of H-pyrrole nitrogens is 1. The van der Waals surface area contributed by atoms with Crippen LogP contribution >= 0.6 is 23.1 Å². The van der Waals surface area contributed by atoms with E-state index in [0.29, 0.717) is 34.6 Å². The summed E-state index contributed by atoms with van der Waals surface area (Å²) in [6, 6.07) is 15.7. The number of benzene rings is 2. The first-order valence-corrected chi connectivity index (χ1v) is 12.4. The van der Waals surface area contributed by atoms with Gasteiger partial charge in [0, 0.05) is 23.4 Å². The minimum atomic E-state index is -0.200. The van der Waals surface area contributed by atoms with Crippen molar-refractivity contribution in [3.05, 3.63) is 75.7 Å². The number of aromatic nitrogens is 3. The van der Waals surface area contributed by atoms with E-state index in [4.69, 9.17) is 4.74 Å². The van der Waals surface area contributed by atoms with Crippen molar-refractivity contribution in [3.63, 3.8) is 0 Å². The first kappa shape index (κ1) is 23.0. The second-order valence-electron chi connectivity index (χ2n) is 7.34. The predicted molar refractivity (Wildman–Crippen MR) is 133 cm³/mol. The topological polar surface area (TPSA) is 97.0 Å². The monoisotopic (exact) mass is 480 g/mol. The largest absolute Gasteiger partial charge is 0.494 e. The first-order valence-electron chi connectivity index (χ1n) is 10.6. The van der Waals surface area contributed by atoms with Crippen LogP contribution < -0.4 is 15.6 Å².